The summed E-state index contributed by atoms with van der Waals surface area (Å²) in [5.41, 5.74) is 3.27. The molecule has 0 saturated heterocycles. The molecular formula is C19H16N2O4. The Hall–Kier alpha value is -3.15. The topological polar surface area (TPSA) is 92.5 Å². The van der Waals surface area contributed by atoms with E-state index in [-0.39, 0.29) is 29.1 Å². The molecule has 1 aliphatic heterocycles. The lowest BCUT2D eigenvalue weighted by Crippen LogP contribution is -2.29. The van der Waals surface area contributed by atoms with Crippen molar-refractivity contribution in [3.05, 3.63) is 81.4 Å². The van der Waals surface area contributed by atoms with E-state index in [4.69, 9.17) is 0 Å². The minimum Gasteiger partial charge on any atom is -0.478 e. The van der Waals surface area contributed by atoms with E-state index in [1.165, 1.54) is 12.1 Å². The summed E-state index contributed by atoms with van der Waals surface area (Å²) in [7, 11) is 0. The predicted molar refractivity (Wildman–Crippen MR) is 92.8 cm³/mol. The van der Waals surface area contributed by atoms with Crippen molar-refractivity contribution in [2.45, 2.75) is 18.4 Å². The maximum Gasteiger partial charge on any atom is 0.335 e. The molecule has 0 radical (unpaired) electrons. The summed E-state index contributed by atoms with van der Waals surface area (Å²) >= 11 is 0. The van der Waals surface area contributed by atoms with Crippen LogP contribution in [0.2, 0.25) is 0 Å². The van der Waals surface area contributed by atoms with Crippen LogP contribution in [0, 0.1) is 16.0 Å². The summed E-state index contributed by atoms with van der Waals surface area (Å²) in [5, 5.41) is 23.6. The van der Waals surface area contributed by atoms with Crippen molar-refractivity contribution in [1.29, 1.82) is 0 Å². The highest BCUT2D eigenvalue weighted by molar-refractivity contribution is 5.89. The quantitative estimate of drug-likeness (QED) is 0.500. The highest BCUT2D eigenvalue weighted by Crippen LogP contribution is 2.50. The lowest BCUT2D eigenvalue weighted by molar-refractivity contribution is -0.384. The number of carboxylic acids is 1. The van der Waals surface area contributed by atoms with Crippen molar-refractivity contribution >= 4 is 17.3 Å². The fourth-order valence-corrected chi connectivity index (χ4v) is 3.86. The summed E-state index contributed by atoms with van der Waals surface area (Å²) in [6.07, 6.45) is 5.14. The zero-order valence-corrected chi connectivity index (χ0v) is 13.3. The molecule has 1 aliphatic carbocycles. The summed E-state index contributed by atoms with van der Waals surface area (Å²) in [5.74, 6) is -0.521. The third-order valence-corrected chi connectivity index (χ3v) is 5.07. The van der Waals surface area contributed by atoms with Crippen LogP contribution in [0.15, 0.2) is 54.6 Å². The van der Waals surface area contributed by atoms with Crippen LogP contribution in [-0.2, 0) is 0 Å². The first kappa shape index (κ1) is 15.4. The number of hydrogen-bond acceptors (Lipinski definition) is 4. The maximum atomic E-state index is 11.3. The van der Waals surface area contributed by atoms with Gasteiger partial charge in [0.25, 0.3) is 5.69 Å². The molecule has 6 nitrogen and oxygen atoms in total. The minimum absolute atomic E-state index is 0.0315. The third kappa shape index (κ3) is 2.55. The van der Waals surface area contributed by atoms with Gasteiger partial charge in [-0.1, -0.05) is 24.3 Å². The van der Waals surface area contributed by atoms with Crippen LogP contribution >= 0.6 is 0 Å². The van der Waals surface area contributed by atoms with Crippen molar-refractivity contribution in [2.75, 3.05) is 5.32 Å². The molecule has 0 unspecified atom stereocenters. The number of fused-ring (bicyclic) bond motifs is 3. The van der Waals surface area contributed by atoms with Crippen LogP contribution in [-0.4, -0.2) is 16.0 Å². The fraction of sp³-hybridized carbons (Fsp3) is 0.211. The third-order valence-electron chi connectivity index (χ3n) is 5.07. The fourth-order valence-electron chi connectivity index (χ4n) is 3.86. The molecule has 1 heterocycles. The van der Waals surface area contributed by atoms with Gasteiger partial charge in [-0.05, 0) is 41.7 Å². The van der Waals surface area contributed by atoms with Crippen molar-refractivity contribution in [2.24, 2.45) is 5.92 Å². The van der Waals surface area contributed by atoms with Gasteiger partial charge in [0.1, 0.15) is 0 Å². The van der Waals surface area contributed by atoms with Crippen LogP contribution in [0.4, 0.5) is 11.4 Å². The number of hydrogen-bond donors (Lipinski definition) is 2. The van der Waals surface area contributed by atoms with Crippen LogP contribution < -0.4 is 5.32 Å². The van der Waals surface area contributed by atoms with Gasteiger partial charge in [-0.25, -0.2) is 4.79 Å². The van der Waals surface area contributed by atoms with Gasteiger partial charge in [-0.2, -0.15) is 0 Å². The Morgan fingerprint density at radius 2 is 1.96 bits per heavy atom. The summed E-state index contributed by atoms with van der Waals surface area (Å²) in [4.78, 5) is 21.7. The Balaban J connectivity index is 1.72. The molecule has 0 amide bonds. The van der Waals surface area contributed by atoms with E-state index in [0.717, 1.165) is 23.2 Å². The largest absolute Gasteiger partial charge is 0.478 e. The number of carbonyl (C=O) groups is 1. The molecule has 2 aromatic carbocycles. The van der Waals surface area contributed by atoms with Gasteiger partial charge in [0.05, 0.1) is 16.5 Å². The highest BCUT2D eigenvalue weighted by atomic mass is 16.6. The van der Waals surface area contributed by atoms with Gasteiger partial charge in [0.15, 0.2) is 0 Å². The second-order valence-corrected chi connectivity index (χ2v) is 6.43. The number of nitro benzene ring substituents is 1. The number of allylic oxidation sites excluding steroid dienone is 2. The normalized spacial score (nSPS) is 23.4. The highest BCUT2D eigenvalue weighted by Gasteiger charge is 2.38. The monoisotopic (exact) mass is 336 g/mol. The number of nitrogens with one attached hydrogen (secondary N) is 1. The average molecular weight is 336 g/mol. The lowest BCUT2D eigenvalue weighted by Gasteiger charge is -2.37. The van der Waals surface area contributed by atoms with E-state index in [1.807, 2.05) is 0 Å². The Kier molecular flexibility index (Phi) is 3.53. The molecule has 0 aromatic heterocycles. The van der Waals surface area contributed by atoms with E-state index < -0.39 is 10.9 Å². The number of non-ortho nitro benzene ring substituents is 1. The van der Waals surface area contributed by atoms with E-state index >= 15 is 0 Å². The molecule has 0 fully saturated rings. The number of carboxylic acid groups (broad SMARTS) is 1. The van der Waals surface area contributed by atoms with E-state index in [9.17, 15) is 20.0 Å². The number of nitrogens with zero attached hydrogens (tertiary/aromatic N) is 1. The Morgan fingerprint density at radius 3 is 2.64 bits per heavy atom. The Morgan fingerprint density at radius 1 is 1.20 bits per heavy atom. The molecule has 2 aliphatic rings. The maximum absolute atomic E-state index is 11.3. The van der Waals surface area contributed by atoms with Gasteiger partial charge in [0, 0.05) is 23.7 Å². The second kappa shape index (κ2) is 5.73. The molecule has 3 atom stereocenters. The first-order valence-electron chi connectivity index (χ1n) is 8.09. The zero-order chi connectivity index (χ0) is 17.6. The lowest BCUT2D eigenvalue weighted by atomic mass is 9.76. The first-order valence-corrected chi connectivity index (χ1v) is 8.09. The number of nitro groups is 1. The zero-order valence-electron chi connectivity index (χ0n) is 13.3. The molecular weight excluding hydrogens is 320 g/mol. The SMILES string of the molecule is O=C(O)c1ccc2c(c1)[C@H]1C=CC[C@@H]1[C@@H](c1ccc([N+](=O)[O-])cc1)N2. The summed E-state index contributed by atoms with van der Waals surface area (Å²) < 4.78 is 0. The van der Waals surface area contributed by atoms with Crippen molar-refractivity contribution in [1.82, 2.24) is 0 Å². The smallest absolute Gasteiger partial charge is 0.335 e. The van der Waals surface area contributed by atoms with Crippen LogP contribution in [0.3, 0.4) is 0 Å². The van der Waals surface area contributed by atoms with E-state index in [0.29, 0.717) is 0 Å². The van der Waals surface area contributed by atoms with Crippen molar-refractivity contribution < 1.29 is 14.8 Å². The first-order chi connectivity index (χ1) is 12.0. The van der Waals surface area contributed by atoms with Crippen molar-refractivity contribution in [3.8, 4) is 0 Å². The molecule has 4 rings (SSSR count). The van der Waals surface area contributed by atoms with Crippen molar-refractivity contribution in [3.63, 3.8) is 0 Å². The van der Waals surface area contributed by atoms with Gasteiger partial charge in [-0.15, -0.1) is 0 Å². The predicted octanol–water partition coefficient (Wildman–Crippen LogP) is 4.12. The Bertz CT molecular complexity index is 889. The molecule has 2 N–H and O–H groups in total. The number of benzene rings is 2. The second-order valence-electron chi connectivity index (χ2n) is 6.43. The van der Waals surface area contributed by atoms with Gasteiger partial charge < -0.3 is 10.4 Å². The number of anilines is 1. The molecule has 6 heteroatoms. The standard InChI is InChI=1S/C19H16N2O4/c22-19(23)12-6-9-17-16(10-12)14-2-1-3-15(14)18(20-17)11-4-7-13(8-5-11)21(24)25/h1-2,4-10,14-15,18,20H,3H2,(H,22,23)/t14-,15-,18+/m0/s1. The van der Waals surface area contributed by atoms with E-state index in [2.05, 4.69) is 17.5 Å². The molecule has 126 valence electrons. The number of rotatable bonds is 3. The van der Waals surface area contributed by atoms with Gasteiger partial charge >= 0.3 is 5.97 Å². The average Bonchev–Trinajstić information content (AvgIpc) is 3.10. The molecule has 25 heavy (non-hydrogen) atoms. The molecule has 0 bridgehead atoms. The Labute approximate surface area is 144 Å². The van der Waals surface area contributed by atoms with Crippen LogP contribution in [0.1, 0.15) is 39.9 Å². The van der Waals surface area contributed by atoms with Crippen LogP contribution in [0.5, 0.6) is 0 Å². The minimum atomic E-state index is -0.932. The molecule has 0 saturated carbocycles. The van der Waals surface area contributed by atoms with Crippen LogP contribution in [0.25, 0.3) is 0 Å². The van der Waals surface area contributed by atoms with Gasteiger partial charge in [0.2, 0.25) is 0 Å². The summed E-state index contributed by atoms with van der Waals surface area (Å²) in [6, 6.07) is 11.8. The van der Waals surface area contributed by atoms with E-state index in [1.54, 1.807) is 30.3 Å². The molecule has 2 aromatic rings. The van der Waals surface area contributed by atoms with Gasteiger partial charge in [-0.3, -0.25) is 10.1 Å². The number of aromatic carboxylic acids is 1. The summed E-state index contributed by atoms with van der Waals surface area (Å²) in [6.45, 7) is 0. The molecule has 0 spiro atoms.